The van der Waals surface area contributed by atoms with Gasteiger partial charge in [0, 0.05) is 12.0 Å². The van der Waals surface area contributed by atoms with Gasteiger partial charge in [-0.25, -0.2) is 4.79 Å². The molecule has 0 unspecified atom stereocenters. The number of ether oxygens (including phenoxy) is 1. The second-order valence-electron chi connectivity index (χ2n) is 5.91. The molecule has 1 N–H and O–H groups in total. The minimum absolute atomic E-state index is 0.0258. The van der Waals surface area contributed by atoms with E-state index in [4.69, 9.17) is 16.3 Å². The summed E-state index contributed by atoms with van der Waals surface area (Å²) >= 11 is 5.96. The van der Waals surface area contributed by atoms with Gasteiger partial charge < -0.3 is 10.1 Å². The van der Waals surface area contributed by atoms with Crippen LogP contribution in [0.4, 0.5) is 5.69 Å². The first-order valence-corrected chi connectivity index (χ1v) is 7.57. The second kappa shape index (κ2) is 6.62. The number of hydrogen-bond donors (Lipinski definition) is 1. The number of hydrogen-bond acceptors (Lipinski definition) is 5. The maximum absolute atomic E-state index is 12.4. The van der Waals surface area contributed by atoms with Gasteiger partial charge in [0.05, 0.1) is 10.5 Å². The Kier molecular flexibility index (Phi) is 5.03. The summed E-state index contributed by atoms with van der Waals surface area (Å²) in [6, 6.07) is 4.13. The summed E-state index contributed by atoms with van der Waals surface area (Å²) in [6.07, 6.45) is 1.84. The Labute approximate surface area is 133 Å². The van der Waals surface area contributed by atoms with Crippen molar-refractivity contribution in [1.29, 1.82) is 0 Å². The number of piperidine rings is 1. The number of nitro groups is 1. The van der Waals surface area contributed by atoms with Crippen LogP contribution in [0.25, 0.3) is 0 Å². The predicted molar refractivity (Wildman–Crippen MR) is 83.2 cm³/mol. The molecule has 0 spiro atoms. The van der Waals surface area contributed by atoms with E-state index >= 15 is 0 Å². The molecule has 1 saturated heterocycles. The molecule has 0 saturated carbocycles. The van der Waals surface area contributed by atoms with Gasteiger partial charge in [0.15, 0.2) is 0 Å². The van der Waals surface area contributed by atoms with Gasteiger partial charge in [-0.15, -0.1) is 0 Å². The molecule has 6 nitrogen and oxygen atoms in total. The molecule has 22 heavy (non-hydrogen) atoms. The van der Waals surface area contributed by atoms with E-state index in [1.54, 1.807) is 0 Å². The third-order valence-corrected chi connectivity index (χ3v) is 4.47. The molecule has 1 aromatic rings. The van der Waals surface area contributed by atoms with Gasteiger partial charge in [-0.2, -0.15) is 0 Å². The number of esters is 1. The first-order valence-electron chi connectivity index (χ1n) is 7.20. The zero-order chi connectivity index (χ0) is 16.3. The predicted octanol–water partition coefficient (Wildman–Crippen LogP) is 3.18. The van der Waals surface area contributed by atoms with E-state index in [9.17, 15) is 14.9 Å². The lowest BCUT2D eigenvalue weighted by molar-refractivity contribution is -0.384. The van der Waals surface area contributed by atoms with Crippen molar-refractivity contribution in [3.63, 3.8) is 0 Å². The fraction of sp³-hybridized carbons (Fsp3) is 0.533. The second-order valence-corrected chi connectivity index (χ2v) is 6.29. The molecule has 1 aliphatic heterocycles. The smallest absolute Gasteiger partial charge is 0.340 e. The number of rotatable bonds is 4. The average molecular weight is 327 g/mol. The maximum Gasteiger partial charge on any atom is 0.340 e. The number of nitrogens with zero attached hydrogens (tertiary/aromatic N) is 1. The van der Waals surface area contributed by atoms with Gasteiger partial charge in [-0.3, -0.25) is 10.1 Å². The molecule has 0 bridgehead atoms. The van der Waals surface area contributed by atoms with Crippen molar-refractivity contribution in [3.05, 3.63) is 38.9 Å². The fourth-order valence-corrected chi connectivity index (χ4v) is 2.98. The number of carbonyl (C=O) groups is 1. The molecule has 0 amide bonds. The first kappa shape index (κ1) is 16.7. The molecule has 1 fully saturated rings. The SMILES string of the molecule is CC(C)(OC(=O)c1cccc([N+](=O)[O-])c1Cl)C1CCNCC1. The largest absolute Gasteiger partial charge is 0.456 e. The minimum Gasteiger partial charge on any atom is -0.456 e. The molecule has 1 aliphatic rings. The number of nitrogens with one attached hydrogen (secondary N) is 1. The number of benzene rings is 1. The molecule has 1 aromatic carbocycles. The fourth-order valence-electron chi connectivity index (χ4n) is 2.71. The van der Waals surface area contributed by atoms with Crippen molar-refractivity contribution in [2.24, 2.45) is 5.92 Å². The first-order chi connectivity index (χ1) is 10.3. The number of carbonyl (C=O) groups excluding carboxylic acids is 1. The molecular formula is C15H19ClN2O4. The summed E-state index contributed by atoms with van der Waals surface area (Å²) in [6.45, 7) is 5.52. The number of halogens is 1. The van der Waals surface area contributed by atoms with Crippen molar-refractivity contribution in [3.8, 4) is 0 Å². The van der Waals surface area contributed by atoms with Crippen molar-refractivity contribution in [2.75, 3.05) is 13.1 Å². The van der Waals surface area contributed by atoms with E-state index in [0.717, 1.165) is 25.9 Å². The molecule has 0 aliphatic carbocycles. The van der Waals surface area contributed by atoms with Crippen molar-refractivity contribution in [2.45, 2.75) is 32.3 Å². The van der Waals surface area contributed by atoms with Crippen LogP contribution in [0.3, 0.4) is 0 Å². The van der Waals surface area contributed by atoms with Crippen LogP contribution in [0, 0.1) is 16.0 Å². The summed E-state index contributed by atoms with van der Waals surface area (Å²) in [5.74, 6) is -0.382. The van der Waals surface area contributed by atoms with E-state index in [-0.39, 0.29) is 22.2 Å². The molecule has 1 heterocycles. The third-order valence-electron chi connectivity index (χ3n) is 4.07. The Morgan fingerprint density at radius 3 is 2.64 bits per heavy atom. The zero-order valence-electron chi connectivity index (χ0n) is 12.6. The molecule has 0 aromatic heterocycles. The number of nitro benzene ring substituents is 1. The van der Waals surface area contributed by atoms with Crippen molar-refractivity contribution >= 4 is 23.3 Å². The van der Waals surface area contributed by atoms with E-state index in [2.05, 4.69) is 5.32 Å². The van der Waals surface area contributed by atoms with Gasteiger partial charge in [0.1, 0.15) is 10.6 Å². The third kappa shape index (κ3) is 3.56. The van der Waals surface area contributed by atoms with Crippen LogP contribution in [-0.2, 0) is 4.74 Å². The maximum atomic E-state index is 12.4. The van der Waals surface area contributed by atoms with Crippen LogP contribution < -0.4 is 5.32 Å². The van der Waals surface area contributed by atoms with Gasteiger partial charge in [0.25, 0.3) is 5.69 Å². The average Bonchev–Trinajstić information content (AvgIpc) is 2.47. The Hall–Kier alpha value is -1.66. The molecule has 0 radical (unpaired) electrons. The summed E-state index contributed by atoms with van der Waals surface area (Å²) < 4.78 is 5.61. The van der Waals surface area contributed by atoms with Crippen LogP contribution in [0.5, 0.6) is 0 Å². The van der Waals surface area contributed by atoms with E-state index < -0.39 is 16.5 Å². The Morgan fingerprint density at radius 2 is 2.05 bits per heavy atom. The van der Waals surface area contributed by atoms with Crippen LogP contribution in [0.1, 0.15) is 37.0 Å². The summed E-state index contributed by atoms with van der Waals surface area (Å²) in [5, 5.41) is 14.0. The Balaban J connectivity index is 2.18. The highest BCUT2D eigenvalue weighted by Gasteiger charge is 2.35. The van der Waals surface area contributed by atoms with E-state index in [0.29, 0.717) is 0 Å². The van der Waals surface area contributed by atoms with Crippen LogP contribution >= 0.6 is 11.6 Å². The monoisotopic (exact) mass is 326 g/mol. The van der Waals surface area contributed by atoms with Crippen LogP contribution in [0.2, 0.25) is 5.02 Å². The quantitative estimate of drug-likeness (QED) is 0.522. The summed E-state index contributed by atoms with van der Waals surface area (Å²) in [7, 11) is 0. The van der Waals surface area contributed by atoms with Gasteiger partial charge >= 0.3 is 5.97 Å². The molecule has 7 heteroatoms. The molecule has 2 rings (SSSR count). The highest BCUT2D eigenvalue weighted by molar-refractivity contribution is 6.35. The summed E-state index contributed by atoms with van der Waals surface area (Å²) in [4.78, 5) is 22.6. The lowest BCUT2D eigenvalue weighted by Crippen LogP contribution is -2.42. The van der Waals surface area contributed by atoms with Gasteiger partial charge in [-0.05, 0) is 45.8 Å². The van der Waals surface area contributed by atoms with Gasteiger partial charge in [0.2, 0.25) is 0 Å². The molecule has 120 valence electrons. The molecular weight excluding hydrogens is 308 g/mol. The highest BCUT2D eigenvalue weighted by atomic mass is 35.5. The van der Waals surface area contributed by atoms with Crippen LogP contribution in [0.15, 0.2) is 18.2 Å². The van der Waals surface area contributed by atoms with Crippen molar-refractivity contribution in [1.82, 2.24) is 5.32 Å². The minimum atomic E-state index is -0.646. The van der Waals surface area contributed by atoms with Crippen molar-refractivity contribution < 1.29 is 14.5 Å². The van der Waals surface area contributed by atoms with Crippen LogP contribution in [-0.4, -0.2) is 29.6 Å². The zero-order valence-corrected chi connectivity index (χ0v) is 13.4. The lowest BCUT2D eigenvalue weighted by atomic mass is 9.83. The lowest BCUT2D eigenvalue weighted by Gasteiger charge is -2.36. The normalized spacial score (nSPS) is 16.3. The van der Waals surface area contributed by atoms with E-state index in [1.165, 1.54) is 18.2 Å². The Morgan fingerprint density at radius 1 is 1.41 bits per heavy atom. The summed E-state index contributed by atoms with van der Waals surface area (Å²) in [5.41, 5.74) is -0.915. The van der Waals surface area contributed by atoms with Gasteiger partial charge in [-0.1, -0.05) is 17.7 Å². The molecule has 0 atom stereocenters. The standard InChI is InChI=1S/C15H19ClN2O4/c1-15(2,10-6-8-17-9-7-10)22-14(19)11-4-3-5-12(13(11)16)18(20)21/h3-5,10,17H,6-9H2,1-2H3. The van der Waals surface area contributed by atoms with E-state index in [1.807, 2.05) is 13.8 Å². The topological polar surface area (TPSA) is 81.5 Å². The Bertz CT molecular complexity index is 583. The highest BCUT2D eigenvalue weighted by Crippen LogP contribution is 2.33.